The second kappa shape index (κ2) is 5.54. The van der Waals surface area contributed by atoms with Crippen molar-refractivity contribution in [3.05, 3.63) is 29.8 Å². The standard InChI is InChI=1S/C15H23NO/c1-11(2)13-5-4-6-14(9-13)16-10-15-8-7-12(3)17-15/h4-6,9,11-12,15-16H,7-8,10H2,1-3H3. The fourth-order valence-corrected chi connectivity index (χ4v) is 2.27. The smallest absolute Gasteiger partial charge is 0.0751 e. The SMILES string of the molecule is CC1CCC(CNc2cccc(C(C)C)c2)O1. The molecule has 0 bridgehead atoms. The van der Waals surface area contributed by atoms with Gasteiger partial charge >= 0.3 is 0 Å². The van der Waals surface area contributed by atoms with Gasteiger partial charge in [0.05, 0.1) is 12.2 Å². The maximum absolute atomic E-state index is 5.80. The summed E-state index contributed by atoms with van der Waals surface area (Å²) in [6.45, 7) is 7.52. The van der Waals surface area contributed by atoms with E-state index in [1.807, 2.05) is 0 Å². The quantitative estimate of drug-likeness (QED) is 0.854. The molecule has 1 heterocycles. The first-order chi connectivity index (χ1) is 8.15. The largest absolute Gasteiger partial charge is 0.382 e. The van der Waals surface area contributed by atoms with Gasteiger partial charge in [-0.3, -0.25) is 0 Å². The zero-order valence-electron chi connectivity index (χ0n) is 11.1. The zero-order valence-corrected chi connectivity index (χ0v) is 11.1. The second-order valence-corrected chi connectivity index (χ2v) is 5.31. The first-order valence-electron chi connectivity index (χ1n) is 6.64. The monoisotopic (exact) mass is 233 g/mol. The molecule has 2 atom stereocenters. The van der Waals surface area contributed by atoms with E-state index in [1.54, 1.807) is 0 Å². The summed E-state index contributed by atoms with van der Waals surface area (Å²) in [5, 5.41) is 3.48. The molecule has 0 aromatic heterocycles. The highest BCUT2D eigenvalue weighted by Gasteiger charge is 2.21. The van der Waals surface area contributed by atoms with E-state index < -0.39 is 0 Å². The van der Waals surface area contributed by atoms with E-state index in [-0.39, 0.29) is 0 Å². The third-order valence-corrected chi connectivity index (χ3v) is 3.41. The Morgan fingerprint density at radius 2 is 2.18 bits per heavy atom. The molecule has 2 unspecified atom stereocenters. The molecule has 94 valence electrons. The van der Waals surface area contributed by atoms with Gasteiger partial charge in [0.25, 0.3) is 0 Å². The Balaban J connectivity index is 1.88. The lowest BCUT2D eigenvalue weighted by atomic mass is 10.0. The second-order valence-electron chi connectivity index (χ2n) is 5.31. The highest BCUT2D eigenvalue weighted by Crippen LogP contribution is 2.21. The first kappa shape index (κ1) is 12.4. The van der Waals surface area contributed by atoms with Crippen LogP contribution < -0.4 is 5.32 Å². The maximum atomic E-state index is 5.80. The average molecular weight is 233 g/mol. The van der Waals surface area contributed by atoms with Crippen LogP contribution >= 0.6 is 0 Å². The normalized spacial score (nSPS) is 24.2. The Morgan fingerprint density at radius 1 is 1.35 bits per heavy atom. The molecule has 1 fully saturated rings. The summed E-state index contributed by atoms with van der Waals surface area (Å²) in [6, 6.07) is 8.67. The van der Waals surface area contributed by atoms with Crippen LogP contribution in [0.5, 0.6) is 0 Å². The Morgan fingerprint density at radius 3 is 2.82 bits per heavy atom. The number of benzene rings is 1. The molecule has 2 heteroatoms. The van der Waals surface area contributed by atoms with Crippen LogP contribution in [0.1, 0.15) is 45.1 Å². The molecule has 1 aromatic carbocycles. The van der Waals surface area contributed by atoms with Gasteiger partial charge in [0.1, 0.15) is 0 Å². The van der Waals surface area contributed by atoms with E-state index >= 15 is 0 Å². The maximum Gasteiger partial charge on any atom is 0.0751 e. The summed E-state index contributed by atoms with van der Waals surface area (Å²) in [4.78, 5) is 0. The van der Waals surface area contributed by atoms with Crippen molar-refractivity contribution >= 4 is 5.69 Å². The van der Waals surface area contributed by atoms with Gasteiger partial charge in [0.2, 0.25) is 0 Å². The van der Waals surface area contributed by atoms with E-state index in [1.165, 1.54) is 24.1 Å². The molecule has 0 amide bonds. The van der Waals surface area contributed by atoms with Crippen molar-refractivity contribution in [2.24, 2.45) is 0 Å². The van der Waals surface area contributed by atoms with Crippen molar-refractivity contribution in [3.63, 3.8) is 0 Å². The van der Waals surface area contributed by atoms with Gasteiger partial charge in [0, 0.05) is 12.2 Å². The van der Waals surface area contributed by atoms with E-state index in [0.717, 1.165) is 6.54 Å². The number of ether oxygens (including phenoxy) is 1. The molecule has 1 aliphatic heterocycles. The van der Waals surface area contributed by atoms with Crippen molar-refractivity contribution in [2.75, 3.05) is 11.9 Å². The highest BCUT2D eigenvalue weighted by molar-refractivity contribution is 5.46. The van der Waals surface area contributed by atoms with Gasteiger partial charge < -0.3 is 10.1 Å². The minimum atomic E-state index is 0.382. The molecular formula is C15H23NO. The highest BCUT2D eigenvalue weighted by atomic mass is 16.5. The van der Waals surface area contributed by atoms with Gasteiger partial charge in [-0.15, -0.1) is 0 Å². The summed E-state index contributed by atoms with van der Waals surface area (Å²) in [7, 11) is 0. The van der Waals surface area contributed by atoms with Crippen LogP contribution in [0.2, 0.25) is 0 Å². The van der Waals surface area contributed by atoms with Crippen molar-refractivity contribution in [1.82, 2.24) is 0 Å². The topological polar surface area (TPSA) is 21.3 Å². The molecule has 17 heavy (non-hydrogen) atoms. The third-order valence-electron chi connectivity index (χ3n) is 3.41. The van der Waals surface area contributed by atoms with Crippen molar-refractivity contribution in [2.45, 2.75) is 51.7 Å². The fourth-order valence-electron chi connectivity index (χ4n) is 2.27. The van der Waals surface area contributed by atoms with E-state index in [9.17, 15) is 0 Å². The zero-order chi connectivity index (χ0) is 12.3. The Kier molecular flexibility index (Phi) is 4.06. The van der Waals surface area contributed by atoms with Crippen LogP contribution in [0.4, 0.5) is 5.69 Å². The lowest BCUT2D eigenvalue weighted by molar-refractivity contribution is 0.0637. The summed E-state index contributed by atoms with van der Waals surface area (Å²) in [5.74, 6) is 0.583. The van der Waals surface area contributed by atoms with Gasteiger partial charge in [-0.25, -0.2) is 0 Å². The van der Waals surface area contributed by atoms with Crippen molar-refractivity contribution < 1.29 is 4.74 Å². The van der Waals surface area contributed by atoms with Gasteiger partial charge in [-0.1, -0.05) is 26.0 Å². The lowest BCUT2D eigenvalue weighted by Gasteiger charge is -2.14. The molecule has 2 rings (SSSR count). The Bertz CT molecular complexity index is 362. The summed E-state index contributed by atoms with van der Waals surface area (Å²) in [5.41, 5.74) is 2.59. The number of hydrogen-bond acceptors (Lipinski definition) is 2. The minimum Gasteiger partial charge on any atom is -0.382 e. The van der Waals surface area contributed by atoms with Crippen LogP contribution in [-0.4, -0.2) is 18.8 Å². The van der Waals surface area contributed by atoms with Crippen molar-refractivity contribution in [1.29, 1.82) is 0 Å². The fraction of sp³-hybridized carbons (Fsp3) is 0.600. The van der Waals surface area contributed by atoms with Crippen LogP contribution in [0, 0.1) is 0 Å². The summed E-state index contributed by atoms with van der Waals surface area (Å²) >= 11 is 0. The predicted octanol–water partition coefficient (Wildman–Crippen LogP) is 3.79. The van der Waals surface area contributed by atoms with Gasteiger partial charge in [0.15, 0.2) is 0 Å². The van der Waals surface area contributed by atoms with Gasteiger partial charge in [-0.2, -0.15) is 0 Å². The molecule has 1 aromatic rings. The van der Waals surface area contributed by atoms with Crippen LogP contribution in [0.25, 0.3) is 0 Å². The summed E-state index contributed by atoms with van der Waals surface area (Å²) in [6.07, 6.45) is 3.19. The predicted molar refractivity (Wildman–Crippen MR) is 72.6 cm³/mol. The van der Waals surface area contributed by atoms with Crippen LogP contribution in [0.3, 0.4) is 0 Å². The average Bonchev–Trinajstić information content (AvgIpc) is 2.73. The number of anilines is 1. The molecule has 2 nitrogen and oxygen atoms in total. The van der Waals surface area contributed by atoms with Crippen LogP contribution in [0.15, 0.2) is 24.3 Å². The van der Waals surface area contributed by atoms with Gasteiger partial charge in [-0.05, 0) is 43.4 Å². The molecule has 0 radical (unpaired) electrons. The Hall–Kier alpha value is -1.02. The Labute approximate surface area is 104 Å². The number of rotatable bonds is 4. The lowest BCUT2D eigenvalue weighted by Crippen LogP contribution is -2.19. The number of nitrogens with one attached hydrogen (secondary N) is 1. The van der Waals surface area contributed by atoms with E-state index in [2.05, 4.69) is 50.4 Å². The van der Waals surface area contributed by atoms with E-state index in [0.29, 0.717) is 18.1 Å². The molecule has 1 N–H and O–H groups in total. The number of hydrogen-bond donors (Lipinski definition) is 1. The molecule has 0 spiro atoms. The molecule has 0 aliphatic carbocycles. The summed E-state index contributed by atoms with van der Waals surface area (Å²) < 4.78 is 5.80. The third kappa shape index (κ3) is 3.47. The van der Waals surface area contributed by atoms with Crippen LogP contribution in [-0.2, 0) is 4.74 Å². The minimum absolute atomic E-state index is 0.382. The molecule has 1 aliphatic rings. The molecule has 1 saturated heterocycles. The molecule has 0 saturated carbocycles. The molecular weight excluding hydrogens is 210 g/mol. The van der Waals surface area contributed by atoms with Crippen molar-refractivity contribution in [3.8, 4) is 0 Å². The van der Waals surface area contributed by atoms with E-state index in [4.69, 9.17) is 4.74 Å². The first-order valence-corrected chi connectivity index (χ1v) is 6.64.